The monoisotopic (exact) mass is 236 g/mol. The first kappa shape index (κ1) is 14.2. The van der Waals surface area contributed by atoms with Crippen LogP contribution < -0.4 is 0 Å². The molecule has 0 heterocycles. The predicted molar refractivity (Wildman–Crippen MR) is 71.9 cm³/mol. The molecule has 0 spiro atoms. The van der Waals surface area contributed by atoms with Gasteiger partial charge in [-0.05, 0) is 51.8 Å². The SMILES string of the molecule is CN(C)CCCN(C)Cc1ccc(CO)cc1. The number of hydrogen-bond acceptors (Lipinski definition) is 3. The van der Waals surface area contributed by atoms with Crippen molar-refractivity contribution in [2.75, 3.05) is 34.2 Å². The molecule has 0 amide bonds. The second-order valence-electron chi connectivity index (χ2n) is 4.87. The molecule has 3 nitrogen and oxygen atoms in total. The number of benzene rings is 1. The van der Waals surface area contributed by atoms with Crippen LogP contribution in [0, 0.1) is 0 Å². The molecule has 0 bridgehead atoms. The van der Waals surface area contributed by atoms with Gasteiger partial charge in [0, 0.05) is 6.54 Å². The van der Waals surface area contributed by atoms with E-state index in [1.807, 2.05) is 12.1 Å². The van der Waals surface area contributed by atoms with Crippen molar-refractivity contribution in [1.82, 2.24) is 9.80 Å². The molecule has 1 aromatic carbocycles. The topological polar surface area (TPSA) is 26.7 Å². The molecule has 1 N–H and O–H groups in total. The minimum atomic E-state index is 0.124. The first-order valence-electron chi connectivity index (χ1n) is 6.14. The van der Waals surface area contributed by atoms with Crippen molar-refractivity contribution >= 4 is 0 Å². The second-order valence-corrected chi connectivity index (χ2v) is 4.87. The summed E-state index contributed by atoms with van der Waals surface area (Å²) in [4.78, 5) is 4.54. The van der Waals surface area contributed by atoms with E-state index in [4.69, 9.17) is 5.11 Å². The summed E-state index contributed by atoms with van der Waals surface area (Å²) in [7, 11) is 6.36. The van der Waals surface area contributed by atoms with Crippen molar-refractivity contribution in [3.05, 3.63) is 35.4 Å². The lowest BCUT2D eigenvalue weighted by atomic mass is 10.1. The van der Waals surface area contributed by atoms with Gasteiger partial charge in [-0.25, -0.2) is 0 Å². The van der Waals surface area contributed by atoms with Crippen molar-refractivity contribution in [3.63, 3.8) is 0 Å². The normalized spacial score (nSPS) is 11.4. The Morgan fingerprint density at radius 1 is 0.941 bits per heavy atom. The molecular formula is C14H24N2O. The van der Waals surface area contributed by atoms with Crippen LogP contribution in [-0.2, 0) is 13.2 Å². The largest absolute Gasteiger partial charge is 0.392 e. The summed E-state index contributed by atoms with van der Waals surface area (Å²) >= 11 is 0. The van der Waals surface area contributed by atoms with Crippen LogP contribution in [0.3, 0.4) is 0 Å². The highest BCUT2D eigenvalue weighted by Crippen LogP contribution is 2.07. The van der Waals surface area contributed by atoms with Gasteiger partial charge < -0.3 is 14.9 Å². The standard InChI is InChI=1S/C14H24N2O/c1-15(2)9-4-10-16(3)11-13-5-7-14(12-17)8-6-13/h5-8,17H,4,9-12H2,1-3H3. The Morgan fingerprint density at radius 2 is 1.53 bits per heavy atom. The summed E-state index contributed by atoms with van der Waals surface area (Å²) in [5.74, 6) is 0. The van der Waals surface area contributed by atoms with Gasteiger partial charge in [0.05, 0.1) is 6.61 Å². The quantitative estimate of drug-likeness (QED) is 0.778. The third-order valence-electron chi connectivity index (χ3n) is 2.80. The Morgan fingerprint density at radius 3 is 2.06 bits per heavy atom. The molecule has 0 saturated heterocycles. The average Bonchev–Trinajstić information content (AvgIpc) is 2.29. The van der Waals surface area contributed by atoms with Crippen LogP contribution in [0.1, 0.15) is 17.5 Å². The maximum atomic E-state index is 8.96. The van der Waals surface area contributed by atoms with Crippen molar-refractivity contribution in [3.8, 4) is 0 Å². The number of aliphatic hydroxyl groups excluding tert-OH is 1. The minimum Gasteiger partial charge on any atom is -0.392 e. The van der Waals surface area contributed by atoms with Gasteiger partial charge >= 0.3 is 0 Å². The Bertz CT molecular complexity index is 309. The van der Waals surface area contributed by atoms with Crippen LogP contribution in [0.2, 0.25) is 0 Å². The maximum Gasteiger partial charge on any atom is 0.0681 e. The van der Waals surface area contributed by atoms with E-state index >= 15 is 0 Å². The highest BCUT2D eigenvalue weighted by molar-refractivity contribution is 5.21. The summed E-state index contributed by atoms with van der Waals surface area (Å²) in [6, 6.07) is 8.16. The van der Waals surface area contributed by atoms with E-state index in [-0.39, 0.29) is 6.61 Å². The molecule has 0 aliphatic heterocycles. The highest BCUT2D eigenvalue weighted by atomic mass is 16.3. The molecule has 0 saturated carbocycles. The van der Waals surface area contributed by atoms with Gasteiger partial charge in [-0.3, -0.25) is 0 Å². The third-order valence-corrected chi connectivity index (χ3v) is 2.80. The second kappa shape index (κ2) is 7.43. The zero-order valence-electron chi connectivity index (χ0n) is 11.2. The van der Waals surface area contributed by atoms with Gasteiger partial charge in [0.2, 0.25) is 0 Å². The van der Waals surface area contributed by atoms with Gasteiger partial charge in [0.15, 0.2) is 0 Å². The van der Waals surface area contributed by atoms with Gasteiger partial charge in [0.25, 0.3) is 0 Å². The van der Waals surface area contributed by atoms with Crippen LogP contribution in [0.4, 0.5) is 0 Å². The van der Waals surface area contributed by atoms with E-state index in [0.717, 1.165) is 25.2 Å². The lowest BCUT2D eigenvalue weighted by Gasteiger charge is -2.18. The lowest BCUT2D eigenvalue weighted by Crippen LogP contribution is -2.23. The van der Waals surface area contributed by atoms with Gasteiger partial charge in [-0.15, -0.1) is 0 Å². The number of aliphatic hydroxyl groups is 1. The molecule has 0 radical (unpaired) electrons. The summed E-state index contributed by atoms with van der Waals surface area (Å²) in [5, 5.41) is 8.96. The summed E-state index contributed by atoms with van der Waals surface area (Å²) in [6.45, 7) is 3.34. The van der Waals surface area contributed by atoms with Crippen LogP contribution >= 0.6 is 0 Å². The predicted octanol–water partition coefficient (Wildman–Crippen LogP) is 1.56. The molecule has 96 valence electrons. The third kappa shape index (κ3) is 5.82. The molecular weight excluding hydrogens is 212 g/mol. The molecule has 3 heteroatoms. The molecule has 1 rings (SSSR count). The fourth-order valence-corrected chi connectivity index (χ4v) is 1.80. The first-order valence-corrected chi connectivity index (χ1v) is 6.14. The van der Waals surface area contributed by atoms with Gasteiger partial charge in [0.1, 0.15) is 0 Å². The molecule has 0 atom stereocenters. The molecule has 0 unspecified atom stereocenters. The summed E-state index contributed by atoms with van der Waals surface area (Å²) in [6.07, 6.45) is 1.19. The number of hydrogen-bond donors (Lipinski definition) is 1. The fourth-order valence-electron chi connectivity index (χ4n) is 1.80. The Hall–Kier alpha value is -0.900. The molecule has 0 aliphatic carbocycles. The number of rotatable bonds is 7. The van der Waals surface area contributed by atoms with E-state index in [2.05, 4.69) is 43.1 Å². The molecule has 17 heavy (non-hydrogen) atoms. The van der Waals surface area contributed by atoms with E-state index < -0.39 is 0 Å². The molecule has 1 aromatic rings. The number of nitrogens with zero attached hydrogens (tertiary/aromatic N) is 2. The smallest absolute Gasteiger partial charge is 0.0681 e. The molecule has 0 aromatic heterocycles. The first-order chi connectivity index (χ1) is 8.11. The van der Waals surface area contributed by atoms with E-state index in [9.17, 15) is 0 Å². The van der Waals surface area contributed by atoms with Gasteiger partial charge in [-0.2, -0.15) is 0 Å². The Balaban J connectivity index is 2.31. The van der Waals surface area contributed by atoms with E-state index in [0.29, 0.717) is 0 Å². The Kier molecular flexibility index (Phi) is 6.19. The Labute approximate surface area is 105 Å². The van der Waals surface area contributed by atoms with E-state index in [1.54, 1.807) is 0 Å². The van der Waals surface area contributed by atoms with Gasteiger partial charge in [-0.1, -0.05) is 24.3 Å². The van der Waals surface area contributed by atoms with Crippen LogP contribution in [0.25, 0.3) is 0 Å². The zero-order valence-corrected chi connectivity index (χ0v) is 11.2. The van der Waals surface area contributed by atoms with Crippen LogP contribution in [-0.4, -0.2) is 49.1 Å². The zero-order chi connectivity index (χ0) is 12.7. The lowest BCUT2D eigenvalue weighted by molar-refractivity contribution is 0.281. The van der Waals surface area contributed by atoms with Crippen LogP contribution in [0.15, 0.2) is 24.3 Å². The van der Waals surface area contributed by atoms with Crippen molar-refractivity contribution in [2.45, 2.75) is 19.6 Å². The maximum absolute atomic E-state index is 8.96. The highest BCUT2D eigenvalue weighted by Gasteiger charge is 2.01. The van der Waals surface area contributed by atoms with Crippen molar-refractivity contribution < 1.29 is 5.11 Å². The summed E-state index contributed by atoms with van der Waals surface area (Å²) < 4.78 is 0. The van der Waals surface area contributed by atoms with Crippen molar-refractivity contribution in [1.29, 1.82) is 0 Å². The molecule has 0 fully saturated rings. The van der Waals surface area contributed by atoms with E-state index in [1.165, 1.54) is 12.0 Å². The minimum absolute atomic E-state index is 0.124. The summed E-state index contributed by atoms with van der Waals surface area (Å²) in [5.41, 5.74) is 2.28. The molecule has 0 aliphatic rings. The van der Waals surface area contributed by atoms with Crippen LogP contribution in [0.5, 0.6) is 0 Å². The fraction of sp³-hybridized carbons (Fsp3) is 0.571. The van der Waals surface area contributed by atoms with Crippen molar-refractivity contribution in [2.24, 2.45) is 0 Å². The average molecular weight is 236 g/mol.